The molecule has 8 nitrogen and oxygen atoms in total. The first kappa shape index (κ1) is 31.0. The van der Waals surface area contributed by atoms with Crippen LogP contribution in [0.25, 0.3) is 0 Å². The number of aliphatic hydroxyl groups excluding tert-OH is 1. The van der Waals surface area contributed by atoms with Crippen LogP contribution in [0.3, 0.4) is 0 Å². The third-order valence-corrected chi connectivity index (χ3v) is 9.48. The predicted molar refractivity (Wildman–Crippen MR) is 111 cm³/mol. The van der Waals surface area contributed by atoms with Crippen molar-refractivity contribution in [2.45, 2.75) is 63.8 Å². The predicted octanol–water partition coefficient (Wildman–Crippen LogP) is -3.98. The van der Waals surface area contributed by atoms with Crippen molar-refractivity contribution in [1.29, 1.82) is 0 Å². The Hall–Kier alpha value is 0.780. The Morgan fingerprint density at radius 3 is 2.47 bits per heavy atom. The van der Waals surface area contributed by atoms with Crippen LogP contribution < -0.4 is 59.1 Å². The number of Topliss-reactive ketones (excluding diaryl/α,β-unsaturated/α-hetero) is 1. The maximum Gasteiger partial charge on any atom is 1.00 e. The zero-order valence-electron chi connectivity index (χ0n) is 20.3. The quantitative estimate of drug-likeness (QED) is 0.218. The van der Waals surface area contributed by atoms with Gasteiger partial charge < -0.3 is 20.0 Å². The van der Waals surface area contributed by atoms with Crippen LogP contribution in [0.2, 0.25) is 0 Å². The van der Waals surface area contributed by atoms with Crippen LogP contribution in [0.4, 0.5) is 4.39 Å². The molecule has 0 unspecified atom stereocenters. The van der Waals surface area contributed by atoms with E-state index in [2.05, 4.69) is 4.52 Å². The number of allylic oxidation sites excluding steroid dienone is 4. The van der Waals surface area contributed by atoms with Crippen molar-refractivity contribution in [3.8, 4) is 0 Å². The maximum atomic E-state index is 17.0. The Kier molecular flexibility index (Phi) is 8.96. The molecule has 0 heterocycles. The van der Waals surface area contributed by atoms with Crippen LogP contribution in [0.15, 0.2) is 23.8 Å². The molecule has 3 saturated carbocycles. The van der Waals surface area contributed by atoms with Gasteiger partial charge in [0.25, 0.3) is 0 Å². The summed E-state index contributed by atoms with van der Waals surface area (Å²) >= 11 is 0. The molecule has 0 aromatic rings. The standard InChI is InChI=1S/C22H30FO8P.2Na/c1-12-8-16-15-5-4-13-9-14(24)6-7-19(13,2)21(15,23)17(25)10-20(16,3)22(12,27)18(26)11-31-32(28,29)30;;/h6-7,9,12,15-17,25,27H,4-5,8,10-11H2,1-3H3,(H2,28,29,30);;/q;2*+1/t12-,15-,16-,17-,19-,20-,21-,22-;;/m0../s1. The molecule has 12 heteroatoms. The monoisotopic (exact) mass is 518 g/mol. The van der Waals surface area contributed by atoms with E-state index in [1.807, 2.05) is 0 Å². The number of carbonyl (C=O) groups is 2. The zero-order chi connectivity index (χ0) is 23.9. The van der Waals surface area contributed by atoms with Crippen molar-refractivity contribution in [1.82, 2.24) is 0 Å². The van der Waals surface area contributed by atoms with Crippen LogP contribution in [-0.2, 0) is 18.7 Å². The molecule has 0 aromatic heterocycles. The Morgan fingerprint density at radius 2 is 1.88 bits per heavy atom. The molecular formula is C22H30FNa2O8P+2. The van der Waals surface area contributed by atoms with Gasteiger partial charge in [-0.05, 0) is 56.6 Å². The molecule has 0 radical (unpaired) electrons. The number of aliphatic hydroxyl groups is 2. The molecule has 0 saturated heterocycles. The number of rotatable bonds is 4. The molecule has 3 fully saturated rings. The summed E-state index contributed by atoms with van der Waals surface area (Å²) in [5.74, 6) is -2.87. The normalized spacial score (nSPS) is 45.2. The van der Waals surface area contributed by atoms with E-state index in [1.54, 1.807) is 20.8 Å². The van der Waals surface area contributed by atoms with E-state index in [0.717, 1.165) is 0 Å². The van der Waals surface area contributed by atoms with Gasteiger partial charge in [-0.1, -0.05) is 25.5 Å². The Balaban J connectivity index is 0.00000204. The van der Waals surface area contributed by atoms with Gasteiger partial charge in [0.1, 0.15) is 12.2 Å². The molecule has 4 aliphatic rings. The number of phosphoric acid groups is 1. The van der Waals surface area contributed by atoms with Crippen LogP contribution in [0.5, 0.6) is 0 Å². The van der Waals surface area contributed by atoms with Crippen molar-refractivity contribution < 1.29 is 102 Å². The molecule has 0 aliphatic heterocycles. The molecular weight excluding hydrogens is 488 g/mol. The average Bonchev–Trinajstić information content (AvgIpc) is 2.89. The fourth-order valence-corrected chi connectivity index (χ4v) is 7.68. The fourth-order valence-electron chi connectivity index (χ4n) is 7.39. The van der Waals surface area contributed by atoms with E-state index in [1.165, 1.54) is 18.2 Å². The maximum absolute atomic E-state index is 17.0. The molecule has 4 N–H and O–H groups in total. The zero-order valence-corrected chi connectivity index (χ0v) is 25.2. The number of fused-ring (bicyclic) bond motifs is 5. The molecule has 34 heavy (non-hydrogen) atoms. The molecule has 4 aliphatic carbocycles. The van der Waals surface area contributed by atoms with Crippen molar-refractivity contribution in [3.05, 3.63) is 23.8 Å². The first-order valence-electron chi connectivity index (χ1n) is 10.9. The van der Waals surface area contributed by atoms with E-state index < -0.39 is 66.2 Å². The summed E-state index contributed by atoms with van der Waals surface area (Å²) in [6.45, 7) is 4.00. The molecule has 0 spiro atoms. The molecule has 0 amide bonds. The first-order valence-corrected chi connectivity index (χ1v) is 12.4. The minimum absolute atomic E-state index is 0. The third kappa shape index (κ3) is 4.20. The average molecular weight is 518 g/mol. The van der Waals surface area contributed by atoms with Crippen molar-refractivity contribution in [2.24, 2.45) is 28.6 Å². The summed E-state index contributed by atoms with van der Waals surface area (Å²) < 4.78 is 32.5. The summed E-state index contributed by atoms with van der Waals surface area (Å²) in [7, 11) is -4.93. The van der Waals surface area contributed by atoms with E-state index >= 15 is 4.39 Å². The molecule has 0 aromatic carbocycles. The molecule has 0 bridgehead atoms. The van der Waals surface area contributed by atoms with Gasteiger partial charge in [0.2, 0.25) is 0 Å². The van der Waals surface area contributed by atoms with E-state index in [-0.39, 0.29) is 71.3 Å². The van der Waals surface area contributed by atoms with Crippen molar-refractivity contribution in [3.63, 3.8) is 0 Å². The fraction of sp³-hybridized carbons (Fsp3) is 0.727. The van der Waals surface area contributed by atoms with Gasteiger partial charge in [0, 0.05) is 16.7 Å². The van der Waals surface area contributed by atoms with Crippen molar-refractivity contribution >= 4 is 19.4 Å². The number of halogens is 1. The topological polar surface area (TPSA) is 141 Å². The van der Waals surface area contributed by atoms with Gasteiger partial charge in [0.05, 0.1) is 6.10 Å². The number of hydrogen-bond donors (Lipinski definition) is 4. The summed E-state index contributed by atoms with van der Waals surface area (Å²) in [6.07, 6.45) is 3.70. The Labute approximate surface area is 242 Å². The molecule has 8 atom stereocenters. The van der Waals surface area contributed by atoms with Crippen molar-refractivity contribution in [2.75, 3.05) is 6.61 Å². The second-order valence-corrected chi connectivity index (χ2v) is 11.6. The summed E-state index contributed by atoms with van der Waals surface area (Å²) in [6, 6.07) is 0. The number of carbonyl (C=O) groups excluding carboxylic acids is 2. The van der Waals surface area contributed by atoms with Gasteiger partial charge in [0.15, 0.2) is 17.2 Å². The largest absolute Gasteiger partial charge is 1.00 e. The summed E-state index contributed by atoms with van der Waals surface area (Å²) in [5.41, 5.74) is -5.88. The first-order chi connectivity index (χ1) is 14.6. The second-order valence-electron chi connectivity index (χ2n) is 10.4. The third-order valence-electron chi connectivity index (χ3n) is 9.01. The van der Waals surface area contributed by atoms with Crippen LogP contribution in [0, 0.1) is 28.6 Å². The van der Waals surface area contributed by atoms with Gasteiger partial charge in [-0.15, -0.1) is 0 Å². The van der Waals surface area contributed by atoms with Crippen LogP contribution in [-0.4, -0.2) is 55.5 Å². The van der Waals surface area contributed by atoms with E-state index in [0.29, 0.717) is 24.8 Å². The Morgan fingerprint density at radius 1 is 1.26 bits per heavy atom. The minimum atomic E-state index is -4.93. The number of alkyl halides is 1. The molecule has 178 valence electrons. The number of phosphoric ester groups is 1. The summed E-state index contributed by atoms with van der Waals surface area (Å²) in [4.78, 5) is 42.8. The number of hydrogen-bond acceptors (Lipinski definition) is 6. The van der Waals surface area contributed by atoms with Gasteiger partial charge in [-0.25, -0.2) is 8.96 Å². The number of ketones is 2. The summed E-state index contributed by atoms with van der Waals surface area (Å²) in [5, 5.41) is 22.8. The van der Waals surface area contributed by atoms with E-state index in [4.69, 9.17) is 9.79 Å². The SMILES string of the molecule is C[C@H]1C[C@H]2[C@@H]3CCC4=CC(=O)C=C[C@]4(C)[C@@]3(F)[C@@H](O)C[C@]2(C)[C@@]1(O)C(=O)COP(=O)(O)O.[Na+].[Na+]. The smallest absolute Gasteiger partial charge is 0.390 e. The van der Waals surface area contributed by atoms with Crippen LogP contribution in [0.1, 0.15) is 46.5 Å². The van der Waals surface area contributed by atoms with Gasteiger partial charge >= 0.3 is 66.9 Å². The second kappa shape index (κ2) is 9.83. The van der Waals surface area contributed by atoms with E-state index in [9.17, 15) is 24.4 Å². The minimum Gasteiger partial charge on any atom is -0.390 e. The van der Waals surface area contributed by atoms with Crippen LogP contribution >= 0.6 is 7.82 Å². The Bertz CT molecular complexity index is 984. The van der Waals surface area contributed by atoms with Gasteiger partial charge in [-0.3, -0.25) is 14.1 Å². The molecule has 4 rings (SSSR count). The van der Waals surface area contributed by atoms with Gasteiger partial charge in [-0.2, -0.15) is 0 Å².